The quantitative estimate of drug-likeness (QED) is 0.0795. The molecule has 3 aliphatic rings. The molecule has 3 N–H and O–H groups in total. The Morgan fingerprint density at radius 3 is 2.33 bits per heavy atom. The molecule has 1 unspecified atom stereocenters. The standard InChI is InChI=1S/C49H63N3O7Si/c1-6-58-41-20-23-44-37(28-41)29-43(50-25-9-10-26-53)49(56)52(44)38-16-13-34(14-17-38)15-24-45-33(2)48(60(4,5)42-21-18-40(57-3)19-22-42)46(59-45)30-47(55)51-31-36-12-8-7-11-35(36)27-39(51)32-54/h7-8,11-14,16-23,28,33,39,43,45-46,48,50,53-54H,6,9-10,15,24-27,29-32H2,1-5H3/t33-,39-,43?,45+,46-,48+/m0/s1. The van der Waals surface area contributed by atoms with E-state index in [0.717, 1.165) is 58.8 Å². The summed E-state index contributed by atoms with van der Waals surface area (Å²) in [6, 6.07) is 30.3. The lowest BCUT2D eigenvalue weighted by molar-refractivity contribution is -0.138. The van der Waals surface area contributed by atoms with Crippen LogP contribution in [0, 0.1) is 5.92 Å². The van der Waals surface area contributed by atoms with Crippen LogP contribution in [0.25, 0.3) is 0 Å². The van der Waals surface area contributed by atoms with Gasteiger partial charge in [0.1, 0.15) is 11.5 Å². The van der Waals surface area contributed by atoms with Crippen molar-refractivity contribution in [3.05, 3.63) is 113 Å². The van der Waals surface area contributed by atoms with E-state index in [1.165, 1.54) is 10.8 Å². The lowest BCUT2D eigenvalue weighted by Gasteiger charge is -2.39. The molecule has 7 rings (SSSR count). The lowest BCUT2D eigenvalue weighted by Crippen LogP contribution is -2.52. The Morgan fingerprint density at radius 1 is 0.900 bits per heavy atom. The van der Waals surface area contributed by atoms with Crippen LogP contribution < -0.4 is 24.9 Å². The number of benzene rings is 4. The van der Waals surface area contributed by atoms with Crippen LogP contribution in [-0.4, -0.2) is 92.8 Å². The van der Waals surface area contributed by atoms with Gasteiger partial charge < -0.3 is 34.6 Å². The molecule has 0 saturated carbocycles. The minimum atomic E-state index is -2.21. The number of carbonyl (C=O) groups is 2. The number of anilines is 2. The van der Waals surface area contributed by atoms with E-state index in [1.54, 1.807) is 7.11 Å². The van der Waals surface area contributed by atoms with Gasteiger partial charge in [0.2, 0.25) is 11.8 Å². The molecule has 4 aromatic carbocycles. The van der Waals surface area contributed by atoms with Gasteiger partial charge in [-0.3, -0.25) is 14.5 Å². The van der Waals surface area contributed by atoms with Crippen molar-refractivity contribution in [3.8, 4) is 11.5 Å². The second-order valence-corrected chi connectivity index (χ2v) is 22.0. The number of hydrogen-bond donors (Lipinski definition) is 3. The summed E-state index contributed by atoms with van der Waals surface area (Å²) < 4.78 is 18.3. The molecule has 0 spiro atoms. The summed E-state index contributed by atoms with van der Waals surface area (Å²) in [5, 5.41) is 24.4. The third-order valence-electron chi connectivity index (χ3n) is 13.3. The number of ether oxygens (including phenoxy) is 3. The van der Waals surface area contributed by atoms with Crippen molar-refractivity contribution in [1.82, 2.24) is 10.2 Å². The lowest BCUT2D eigenvalue weighted by atomic mass is 9.93. The number of methoxy groups -OCH3 is 1. The smallest absolute Gasteiger partial charge is 0.249 e. The van der Waals surface area contributed by atoms with Gasteiger partial charge in [-0.05, 0) is 128 Å². The van der Waals surface area contributed by atoms with E-state index in [0.29, 0.717) is 39.0 Å². The molecule has 0 aliphatic carbocycles. The first-order chi connectivity index (χ1) is 29.1. The molecule has 320 valence electrons. The maximum atomic E-state index is 14.3. The summed E-state index contributed by atoms with van der Waals surface area (Å²) in [6.07, 6.45) is 4.28. The van der Waals surface area contributed by atoms with Crippen molar-refractivity contribution in [2.45, 2.75) is 108 Å². The van der Waals surface area contributed by atoms with Crippen LogP contribution in [0.3, 0.4) is 0 Å². The first-order valence-corrected chi connectivity index (χ1v) is 24.9. The highest BCUT2D eigenvalue weighted by molar-refractivity contribution is 6.91. The Morgan fingerprint density at radius 2 is 1.63 bits per heavy atom. The van der Waals surface area contributed by atoms with Gasteiger partial charge in [-0.15, -0.1) is 0 Å². The summed E-state index contributed by atoms with van der Waals surface area (Å²) in [5.74, 6) is 1.87. The normalized spacial score (nSPS) is 22.7. The molecule has 11 heteroatoms. The number of aliphatic hydroxyl groups excluding tert-OH is 2. The van der Waals surface area contributed by atoms with Crippen LogP contribution in [0.1, 0.15) is 61.8 Å². The van der Waals surface area contributed by atoms with E-state index in [1.807, 2.05) is 71.3 Å². The van der Waals surface area contributed by atoms with Gasteiger partial charge in [0.15, 0.2) is 0 Å². The van der Waals surface area contributed by atoms with Crippen LogP contribution >= 0.6 is 0 Å². The zero-order valence-corrected chi connectivity index (χ0v) is 36.9. The number of aliphatic hydroxyl groups is 2. The predicted octanol–water partition coefficient (Wildman–Crippen LogP) is 6.70. The zero-order chi connectivity index (χ0) is 42.4. The first kappa shape index (κ1) is 43.6. The topological polar surface area (TPSA) is 121 Å². The molecule has 1 fully saturated rings. The van der Waals surface area contributed by atoms with Crippen LogP contribution in [-0.2, 0) is 40.1 Å². The van der Waals surface area contributed by atoms with Crippen LogP contribution in [0.5, 0.6) is 11.5 Å². The third kappa shape index (κ3) is 9.35. The van der Waals surface area contributed by atoms with Crippen LogP contribution in [0.4, 0.5) is 11.4 Å². The van der Waals surface area contributed by atoms with Crippen molar-refractivity contribution in [1.29, 1.82) is 0 Å². The molecule has 60 heavy (non-hydrogen) atoms. The Labute approximate surface area is 356 Å². The molecule has 3 aliphatic heterocycles. The van der Waals surface area contributed by atoms with Gasteiger partial charge in [-0.1, -0.05) is 73.7 Å². The Hall–Kier alpha value is -4.52. The second kappa shape index (κ2) is 19.5. The van der Waals surface area contributed by atoms with Crippen molar-refractivity contribution in [2.24, 2.45) is 5.92 Å². The van der Waals surface area contributed by atoms with Crippen molar-refractivity contribution in [3.63, 3.8) is 0 Å². The monoisotopic (exact) mass is 833 g/mol. The highest BCUT2D eigenvalue weighted by atomic mass is 28.3. The highest BCUT2D eigenvalue weighted by Crippen LogP contribution is 2.47. The molecule has 10 nitrogen and oxygen atoms in total. The minimum Gasteiger partial charge on any atom is -0.497 e. The van der Waals surface area contributed by atoms with Crippen LogP contribution in [0.2, 0.25) is 18.6 Å². The second-order valence-electron chi connectivity index (χ2n) is 17.3. The molecular weight excluding hydrogens is 771 g/mol. The number of amides is 2. The molecule has 1 saturated heterocycles. The van der Waals surface area contributed by atoms with Gasteiger partial charge in [-0.25, -0.2) is 0 Å². The van der Waals surface area contributed by atoms with Gasteiger partial charge in [-0.2, -0.15) is 0 Å². The van der Waals surface area contributed by atoms with Gasteiger partial charge in [0, 0.05) is 18.8 Å². The maximum Gasteiger partial charge on any atom is 0.249 e. The average Bonchev–Trinajstić information content (AvgIpc) is 3.58. The van der Waals surface area contributed by atoms with Crippen LogP contribution in [0.15, 0.2) is 91.0 Å². The minimum absolute atomic E-state index is 0.00549. The molecule has 0 bridgehead atoms. The summed E-state index contributed by atoms with van der Waals surface area (Å²) in [7, 11) is -0.524. The summed E-state index contributed by atoms with van der Waals surface area (Å²) in [6.45, 7) is 10.8. The van der Waals surface area contributed by atoms with Gasteiger partial charge in [0.05, 0.1) is 64.8 Å². The number of carbonyl (C=O) groups excluding carboxylic acids is 2. The summed E-state index contributed by atoms with van der Waals surface area (Å²) in [5.41, 5.74) is 6.41. The molecular formula is C49H63N3O7Si. The van der Waals surface area contributed by atoms with E-state index in [9.17, 15) is 19.8 Å². The van der Waals surface area contributed by atoms with Crippen molar-refractivity contribution >= 4 is 36.4 Å². The van der Waals surface area contributed by atoms with Crippen molar-refractivity contribution < 1.29 is 34.0 Å². The Bertz CT molecular complexity index is 2080. The number of unbranched alkanes of at least 4 members (excludes halogenated alkanes) is 1. The Kier molecular flexibility index (Phi) is 14.1. The fraction of sp³-hybridized carbons (Fsp3) is 0.469. The summed E-state index contributed by atoms with van der Waals surface area (Å²) >= 11 is 0. The molecule has 3 heterocycles. The van der Waals surface area contributed by atoms with E-state index in [2.05, 4.69) is 61.7 Å². The highest BCUT2D eigenvalue weighted by Gasteiger charge is 2.51. The van der Waals surface area contributed by atoms with Crippen molar-refractivity contribution in [2.75, 3.05) is 38.4 Å². The predicted molar refractivity (Wildman–Crippen MR) is 239 cm³/mol. The van der Waals surface area contributed by atoms with Gasteiger partial charge >= 0.3 is 0 Å². The van der Waals surface area contributed by atoms with E-state index < -0.39 is 8.07 Å². The maximum absolute atomic E-state index is 14.3. The molecule has 4 aromatic rings. The average molecular weight is 834 g/mol. The largest absolute Gasteiger partial charge is 0.497 e. The van der Waals surface area contributed by atoms with E-state index in [-0.39, 0.29) is 67.2 Å². The summed E-state index contributed by atoms with van der Waals surface area (Å²) in [4.78, 5) is 32.1. The zero-order valence-electron chi connectivity index (χ0n) is 35.9. The number of rotatable bonds is 17. The molecule has 0 aromatic heterocycles. The van der Waals surface area contributed by atoms with E-state index >= 15 is 0 Å². The fourth-order valence-electron chi connectivity index (χ4n) is 10.0. The molecule has 6 atom stereocenters. The number of hydrogen-bond acceptors (Lipinski definition) is 8. The molecule has 2 amide bonds. The number of nitrogens with zero attached hydrogens (tertiary/aromatic N) is 2. The Balaban J connectivity index is 1.09. The SMILES string of the molecule is CCOc1ccc2c(c1)CC(NCCCCO)C(=O)N2c1ccc(CC[C@H]2O[C@@H](CC(=O)N3Cc4ccccc4C[C@H]3CO)[C@H]([Si](C)(C)c3ccc(OC)cc3)[C@H]2C)cc1. The number of fused-ring (bicyclic) bond motifs is 2. The molecule has 0 radical (unpaired) electrons. The van der Waals surface area contributed by atoms with Gasteiger partial charge in [0.25, 0.3) is 0 Å². The third-order valence-corrected chi connectivity index (χ3v) is 17.7. The fourth-order valence-corrected chi connectivity index (χ4v) is 14.1. The first-order valence-electron chi connectivity index (χ1n) is 21.9. The van der Waals surface area contributed by atoms with E-state index in [4.69, 9.17) is 14.2 Å². The number of nitrogens with one attached hydrogen (secondary N) is 1. The number of aryl methyl sites for hydroxylation is 1.